The van der Waals surface area contributed by atoms with Gasteiger partial charge < -0.3 is 0 Å². The molecule has 1 heterocycles. The van der Waals surface area contributed by atoms with Crippen LogP contribution in [-0.2, 0) is 0 Å². The van der Waals surface area contributed by atoms with Crippen molar-refractivity contribution in [3.63, 3.8) is 0 Å². The molecule has 0 aromatic rings. The van der Waals surface area contributed by atoms with Gasteiger partial charge in [0.05, 0.1) is 0 Å². The molecule has 0 radical (unpaired) electrons. The number of hydrogen-bond acceptors (Lipinski definition) is 1. The minimum Gasteiger partial charge on any atom is -0.298 e. The molecule has 0 N–H and O–H groups in total. The highest BCUT2D eigenvalue weighted by Gasteiger charge is 2.34. The van der Waals surface area contributed by atoms with Crippen LogP contribution in [-0.4, -0.2) is 23.5 Å². The minimum atomic E-state index is 0. The summed E-state index contributed by atoms with van der Waals surface area (Å²) < 4.78 is 0. The molecule has 0 aromatic carbocycles. The quantitative estimate of drug-likeness (QED) is 0.662. The Morgan fingerprint density at radius 2 is 2.00 bits per heavy atom. The maximum absolute atomic E-state index is 2.67. The Balaban J connectivity index is 0.00000225. The third-order valence-electron chi connectivity index (χ3n) is 4.27. The Morgan fingerprint density at radius 1 is 1.33 bits per heavy atom. The summed E-state index contributed by atoms with van der Waals surface area (Å²) in [6.45, 7) is 13.2. The third-order valence-corrected chi connectivity index (χ3v) is 4.27. The summed E-state index contributed by atoms with van der Waals surface area (Å²) in [6.07, 6.45) is 5.60. The Hall–Kier alpha value is -0.0400. The Bertz CT molecular complexity index is 182. The number of hydrogen-bond donors (Lipinski definition) is 0. The Labute approximate surface area is 97.7 Å². The Kier molecular flexibility index (Phi) is 5.11. The first kappa shape index (κ1) is 13.0. The van der Waals surface area contributed by atoms with Crippen LogP contribution >= 0.6 is 0 Å². The summed E-state index contributed by atoms with van der Waals surface area (Å²) in [7, 11) is 0. The topological polar surface area (TPSA) is 3.24 Å². The van der Waals surface area contributed by atoms with Crippen molar-refractivity contribution in [1.29, 1.82) is 0 Å². The van der Waals surface area contributed by atoms with Crippen LogP contribution in [0.5, 0.6) is 0 Å². The highest BCUT2D eigenvalue weighted by molar-refractivity contribution is 4.88. The molecule has 1 saturated heterocycles. The van der Waals surface area contributed by atoms with E-state index in [0.717, 1.165) is 23.9 Å². The predicted molar refractivity (Wildman–Crippen MR) is 70.2 cm³/mol. The maximum atomic E-state index is 2.67. The van der Waals surface area contributed by atoms with Crippen molar-refractivity contribution >= 4 is 0 Å². The van der Waals surface area contributed by atoms with E-state index in [1.807, 2.05) is 0 Å². The molecule has 1 heteroatoms. The van der Waals surface area contributed by atoms with E-state index < -0.39 is 0 Å². The van der Waals surface area contributed by atoms with Crippen LogP contribution in [0.1, 0.15) is 61.7 Å². The molecule has 1 aliphatic heterocycles. The fourth-order valence-electron chi connectivity index (χ4n) is 3.22. The Morgan fingerprint density at radius 3 is 2.47 bits per heavy atom. The van der Waals surface area contributed by atoms with Gasteiger partial charge in [0.25, 0.3) is 0 Å². The average Bonchev–Trinajstić information content (AvgIpc) is 2.56. The van der Waals surface area contributed by atoms with E-state index in [9.17, 15) is 0 Å². The molecule has 0 saturated carbocycles. The molecule has 1 aliphatic rings. The number of unbranched alkanes of at least 4 members (excludes halogenated alkanes) is 1. The first-order chi connectivity index (χ1) is 7.07. The lowest BCUT2D eigenvalue weighted by Crippen LogP contribution is -2.37. The van der Waals surface area contributed by atoms with Gasteiger partial charge in [-0.1, -0.05) is 33.1 Å². The molecule has 1 fully saturated rings. The molecule has 0 aromatic heterocycles. The first-order valence-corrected chi connectivity index (χ1v) is 6.83. The molecule has 0 aliphatic carbocycles. The summed E-state index contributed by atoms with van der Waals surface area (Å²) in [5.41, 5.74) is 0. The summed E-state index contributed by atoms with van der Waals surface area (Å²) in [4.78, 5) is 2.67. The van der Waals surface area contributed by atoms with Crippen molar-refractivity contribution in [2.45, 2.75) is 72.4 Å². The van der Waals surface area contributed by atoms with Crippen molar-refractivity contribution in [1.82, 2.24) is 4.90 Å². The second-order valence-corrected chi connectivity index (χ2v) is 5.64. The molecule has 0 spiro atoms. The van der Waals surface area contributed by atoms with Crippen molar-refractivity contribution in [3.05, 3.63) is 0 Å². The summed E-state index contributed by atoms with van der Waals surface area (Å²) in [6, 6.07) is 1.53. The normalized spacial score (nSPS) is 30.0. The summed E-state index contributed by atoms with van der Waals surface area (Å²) in [5.74, 6) is 1.86. The number of nitrogens with zero attached hydrogens (tertiary/aromatic N) is 1. The second-order valence-electron chi connectivity index (χ2n) is 5.64. The van der Waals surface area contributed by atoms with E-state index in [2.05, 4.69) is 39.5 Å². The van der Waals surface area contributed by atoms with Crippen LogP contribution in [0.2, 0.25) is 0 Å². The van der Waals surface area contributed by atoms with Gasteiger partial charge in [-0.25, -0.2) is 0 Å². The van der Waals surface area contributed by atoms with Crippen LogP contribution in [0, 0.1) is 11.8 Å². The van der Waals surface area contributed by atoms with Crippen molar-refractivity contribution in [3.8, 4) is 0 Å². The highest BCUT2D eigenvalue weighted by atomic mass is 15.2. The van der Waals surface area contributed by atoms with Gasteiger partial charge >= 0.3 is 0 Å². The third kappa shape index (κ3) is 3.21. The number of likely N-dealkylation sites (tertiary alicyclic amines) is 1. The predicted octanol–water partition coefficient (Wildman–Crippen LogP) is 4.18. The van der Waals surface area contributed by atoms with Crippen LogP contribution in [0.15, 0.2) is 0 Å². The standard InChI is InChI=1S/C14H29N.H2/c1-6-7-8-12(4)14-9-10-15(11(2)3)13(14)5;/h11-14H,6-10H2,1-5H3;1H. The monoisotopic (exact) mass is 213 g/mol. The average molecular weight is 213 g/mol. The maximum Gasteiger partial charge on any atom is 0.0101 e. The molecule has 1 rings (SSSR count). The van der Waals surface area contributed by atoms with Gasteiger partial charge in [0.2, 0.25) is 0 Å². The molecular weight excluding hydrogens is 182 g/mol. The zero-order valence-electron chi connectivity index (χ0n) is 11.3. The van der Waals surface area contributed by atoms with E-state index in [1.54, 1.807) is 0 Å². The molecule has 0 bridgehead atoms. The molecular formula is C14H31N. The zero-order valence-corrected chi connectivity index (χ0v) is 11.3. The minimum absolute atomic E-state index is 0. The SMILES string of the molecule is CCCCC(C)C1CCN(C(C)C)C1C.[HH]. The van der Waals surface area contributed by atoms with Gasteiger partial charge in [0.1, 0.15) is 0 Å². The molecule has 1 nitrogen and oxygen atoms in total. The van der Waals surface area contributed by atoms with E-state index in [1.165, 1.54) is 32.2 Å². The lowest BCUT2D eigenvalue weighted by atomic mass is 9.85. The van der Waals surface area contributed by atoms with Gasteiger partial charge in [0, 0.05) is 13.5 Å². The fourth-order valence-corrected chi connectivity index (χ4v) is 3.22. The van der Waals surface area contributed by atoms with Crippen LogP contribution in [0.25, 0.3) is 0 Å². The smallest absolute Gasteiger partial charge is 0.0101 e. The van der Waals surface area contributed by atoms with Crippen molar-refractivity contribution in [2.24, 2.45) is 11.8 Å². The lowest BCUT2D eigenvalue weighted by molar-refractivity contribution is 0.172. The second kappa shape index (κ2) is 5.89. The summed E-state index contributed by atoms with van der Waals surface area (Å²) >= 11 is 0. The molecule has 3 atom stereocenters. The van der Waals surface area contributed by atoms with Gasteiger partial charge in [-0.15, -0.1) is 0 Å². The van der Waals surface area contributed by atoms with Crippen LogP contribution in [0.4, 0.5) is 0 Å². The molecule has 15 heavy (non-hydrogen) atoms. The highest BCUT2D eigenvalue weighted by Crippen LogP contribution is 2.33. The first-order valence-electron chi connectivity index (χ1n) is 6.83. The molecule has 0 amide bonds. The van der Waals surface area contributed by atoms with Crippen molar-refractivity contribution in [2.75, 3.05) is 6.54 Å². The fraction of sp³-hybridized carbons (Fsp3) is 1.00. The van der Waals surface area contributed by atoms with Gasteiger partial charge in [0.15, 0.2) is 0 Å². The lowest BCUT2D eigenvalue weighted by Gasteiger charge is -2.30. The molecule has 92 valence electrons. The van der Waals surface area contributed by atoms with Gasteiger partial charge in [-0.05, 0) is 45.6 Å². The summed E-state index contributed by atoms with van der Waals surface area (Å²) in [5, 5.41) is 0. The molecule has 3 unspecified atom stereocenters. The van der Waals surface area contributed by atoms with Crippen LogP contribution < -0.4 is 0 Å². The number of rotatable bonds is 5. The van der Waals surface area contributed by atoms with E-state index in [-0.39, 0.29) is 1.43 Å². The van der Waals surface area contributed by atoms with Gasteiger partial charge in [-0.2, -0.15) is 0 Å². The van der Waals surface area contributed by atoms with Crippen molar-refractivity contribution < 1.29 is 1.43 Å². The van der Waals surface area contributed by atoms with Gasteiger partial charge in [-0.3, -0.25) is 4.90 Å². The zero-order chi connectivity index (χ0) is 11.4. The van der Waals surface area contributed by atoms with E-state index in [4.69, 9.17) is 0 Å². The van der Waals surface area contributed by atoms with E-state index in [0.29, 0.717) is 0 Å². The largest absolute Gasteiger partial charge is 0.298 e. The van der Waals surface area contributed by atoms with Crippen LogP contribution in [0.3, 0.4) is 0 Å². The van der Waals surface area contributed by atoms with E-state index >= 15 is 0 Å².